The van der Waals surface area contributed by atoms with Gasteiger partial charge < -0.3 is 0 Å². The van der Waals surface area contributed by atoms with Crippen molar-refractivity contribution in [3.05, 3.63) is 38.6 Å². The van der Waals surface area contributed by atoms with E-state index in [2.05, 4.69) is 9.72 Å². The van der Waals surface area contributed by atoms with Crippen LogP contribution < -0.4 is 21.2 Å². The number of aldehydes is 1. The van der Waals surface area contributed by atoms with E-state index < -0.39 is 0 Å². The summed E-state index contributed by atoms with van der Waals surface area (Å²) in [7, 11) is 1.40. The zero-order valence-electron chi connectivity index (χ0n) is 10.7. The van der Waals surface area contributed by atoms with Gasteiger partial charge in [-0.2, -0.15) is 0 Å². The van der Waals surface area contributed by atoms with Gasteiger partial charge in [0.25, 0.3) is 0 Å². The van der Waals surface area contributed by atoms with Gasteiger partial charge in [0.1, 0.15) is 0 Å². The maximum atomic E-state index is 11.1. The maximum absolute atomic E-state index is 11.1. The molecule has 0 spiro atoms. The fraction of sp³-hybridized carbons (Fsp3) is 0.214. The molecule has 0 N–H and O–H groups in total. The number of halogens is 2. The first-order valence-electron chi connectivity index (χ1n) is 5.85. The predicted octanol–water partition coefficient (Wildman–Crippen LogP) is -0.478. The first kappa shape index (κ1) is 15.2. The summed E-state index contributed by atoms with van der Waals surface area (Å²) in [6.45, 7) is 0. The molecular formula is C14H12ClINO3-. The molecular weight excluding hydrogens is 393 g/mol. The van der Waals surface area contributed by atoms with Crippen LogP contribution >= 0.6 is 11.6 Å². The van der Waals surface area contributed by atoms with Gasteiger partial charge >= 0.3 is 132 Å². The molecule has 0 bridgehead atoms. The van der Waals surface area contributed by atoms with Crippen molar-refractivity contribution >= 4 is 34.8 Å². The van der Waals surface area contributed by atoms with Crippen LogP contribution in [0.3, 0.4) is 0 Å². The third-order valence-corrected chi connectivity index (χ3v) is 5.60. The summed E-state index contributed by atoms with van der Waals surface area (Å²) in [5.41, 5.74) is 1.17. The molecule has 0 saturated heterocycles. The fourth-order valence-corrected chi connectivity index (χ4v) is 4.11. The van der Waals surface area contributed by atoms with Crippen LogP contribution in [0.1, 0.15) is 16.8 Å². The summed E-state index contributed by atoms with van der Waals surface area (Å²) in [5, 5.41) is 1.11. The number of benzene rings is 1. The number of fused-ring (bicyclic) bond motifs is 1. The van der Waals surface area contributed by atoms with Crippen molar-refractivity contribution in [2.75, 3.05) is 11.5 Å². The van der Waals surface area contributed by atoms with Crippen LogP contribution in [0.15, 0.2) is 24.3 Å². The standard InChI is InChI=1S/C14H12ClINO3/c1-20-13(19)4-5-16-11-3-2-9-6-10(8-18)14(15)17-12(9)7-11/h2-3,6-8H,4-5H2,1H3/q-1. The second-order valence-corrected chi connectivity index (χ2v) is 7.42. The number of methoxy groups -OCH3 is 1. The Balaban J connectivity index is 2.17. The second-order valence-electron chi connectivity index (χ2n) is 3.97. The van der Waals surface area contributed by atoms with E-state index >= 15 is 0 Å². The van der Waals surface area contributed by atoms with E-state index in [1.54, 1.807) is 6.07 Å². The number of hydrogen-bond donors (Lipinski definition) is 0. The molecule has 20 heavy (non-hydrogen) atoms. The molecule has 0 aliphatic carbocycles. The molecule has 2 rings (SSSR count). The Bertz CT molecular complexity index is 660. The van der Waals surface area contributed by atoms with Crippen LogP contribution in [0.4, 0.5) is 0 Å². The molecule has 6 heteroatoms. The summed E-state index contributed by atoms with van der Waals surface area (Å²) in [5.74, 6) is -0.178. The Morgan fingerprint density at radius 2 is 2.25 bits per heavy atom. The molecule has 0 aliphatic rings. The first-order valence-corrected chi connectivity index (χ1v) is 8.83. The van der Waals surface area contributed by atoms with Crippen LogP contribution in [-0.2, 0) is 9.53 Å². The van der Waals surface area contributed by atoms with Gasteiger partial charge in [0.2, 0.25) is 0 Å². The minimum absolute atomic E-state index is 0.178. The number of carbonyl (C=O) groups excluding carboxylic acids is 2. The van der Waals surface area contributed by atoms with Gasteiger partial charge in [0, 0.05) is 0 Å². The quantitative estimate of drug-likeness (QED) is 0.222. The number of carbonyl (C=O) groups is 2. The van der Waals surface area contributed by atoms with E-state index in [4.69, 9.17) is 11.6 Å². The Hall–Kier alpha value is -1.21. The van der Waals surface area contributed by atoms with E-state index in [-0.39, 0.29) is 32.3 Å². The average molecular weight is 405 g/mol. The Kier molecular flexibility index (Phi) is 5.31. The second kappa shape index (κ2) is 6.99. The summed E-state index contributed by atoms with van der Waals surface area (Å²) < 4.78 is 6.63. The van der Waals surface area contributed by atoms with Crippen molar-refractivity contribution in [2.24, 2.45) is 0 Å². The van der Waals surface area contributed by atoms with Crippen molar-refractivity contribution < 1.29 is 35.5 Å². The van der Waals surface area contributed by atoms with Crippen LogP contribution in [-0.4, -0.2) is 28.8 Å². The van der Waals surface area contributed by atoms with Crippen molar-refractivity contribution in [3.8, 4) is 0 Å². The van der Waals surface area contributed by atoms with Crippen molar-refractivity contribution in [1.82, 2.24) is 4.98 Å². The zero-order valence-corrected chi connectivity index (χ0v) is 13.6. The summed E-state index contributed by atoms with van der Waals surface area (Å²) >= 11 is 5.66. The van der Waals surface area contributed by atoms with Gasteiger partial charge in [-0.05, 0) is 0 Å². The topological polar surface area (TPSA) is 56.3 Å². The molecule has 0 saturated carbocycles. The van der Waals surface area contributed by atoms with E-state index in [1.165, 1.54) is 10.7 Å². The number of aromatic nitrogens is 1. The van der Waals surface area contributed by atoms with Crippen molar-refractivity contribution in [3.63, 3.8) is 0 Å². The molecule has 0 fully saturated rings. The van der Waals surface area contributed by atoms with Crippen molar-refractivity contribution in [2.45, 2.75) is 6.42 Å². The van der Waals surface area contributed by atoms with Crippen LogP contribution in [0.2, 0.25) is 5.15 Å². The SMILES string of the molecule is COC(=O)CC[I-]c1ccc2cc(C=O)c(Cl)nc2c1. The monoisotopic (exact) mass is 404 g/mol. The predicted molar refractivity (Wildman–Crippen MR) is 72.3 cm³/mol. The third-order valence-electron chi connectivity index (χ3n) is 2.66. The number of rotatable bonds is 5. The van der Waals surface area contributed by atoms with E-state index in [0.717, 1.165) is 15.3 Å². The number of esters is 1. The number of hydrogen-bond acceptors (Lipinski definition) is 4. The average Bonchev–Trinajstić information content (AvgIpc) is 2.46. The van der Waals surface area contributed by atoms with Crippen LogP contribution in [0.25, 0.3) is 10.9 Å². The molecule has 0 unspecified atom stereocenters. The number of alkyl halides is 1. The molecule has 1 aromatic heterocycles. The molecule has 1 heterocycles. The number of pyridine rings is 1. The number of nitrogens with zero attached hydrogens (tertiary/aromatic N) is 1. The Morgan fingerprint density at radius 3 is 2.95 bits per heavy atom. The summed E-state index contributed by atoms with van der Waals surface area (Å²) in [6, 6.07) is 7.64. The van der Waals surface area contributed by atoms with Gasteiger partial charge in [-0.25, -0.2) is 0 Å². The molecule has 4 nitrogen and oxygen atoms in total. The van der Waals surface area contributed by atoms with E-state index in [0.29, 0.717) is 18.3 Å². The normalized spacial score (nSPS) is 10.7. The van der Waals surface area contributed by atoms with Crippen molar-refractivity contribution in [1.29, 1.82) is 0 Å². The first-order chi connectivity index (χ1) is 9.63. The molecule has 0 radical (unpaired) electrons. The number of ether oxygens (including phenoxy) is 1. The van der Waals surface area contributed by atoms with Gasteiger partial charge in [-0.15, -0.1) is 0 Å². The van der Waals surface area contributed by atoms with E-state index in [9.17, 15) is 9.59 Å². The summed E-state index contributed by atoms with van der Waals surface area (Å²) in [4.78, 5) is 26.1. The van der Waals surface area contributed by atoms with Gasteiger partial charge in [-0.3, -0.25) is 0 Å². The molecule has 106 valence electrons. The molecule has 2 aromatic rings. The van der Waals surface area contributed by atoms with Gasteiger partial charge in [0.15, 0.2) is 0 Å². The molecule has 0 amide bonds. The van der Waals surface area contributed by atoms with Gasteiger partial charge in [0.05, 0.1) is 0 Å². The van der Waals surface area contributed by atoms with Crippen LogP contribution in [0.5, 0.6) is 0 Å². The Morgan fingerprint density at radius 1 is 1.45 bits per heavy atom. The minimum atomic E-state index is -0.263. The molecule has 0 atom stereocenters. The van der Waals surface area contributed by atoms with Crippen LogP contribution in [0, 0.1) is 3.57 Å². The Labute approximate surface area is 131 Å². The molecule has 1 aromatic carbocycles. The summed E-state index contributed by atoms with van der Waals surface area (Å²) in [6.07, 6.45) is 1.14. The zero-order chi connectivity index (χ0) is 14.5. The third kappa shape index (κ3) is 3.67. The van der Waals surface area contributed by atoms with Gasteiger partial charge in [-0.1, -0.05) is 0 Å². The fourth-order valence-electron chi connectivity index (χ4n) is 1.63. The molecule has 0 aliphatic heterocycles. The van der Waals surface area contributed by atoms with E-state index in [1.807, 2.05) is 18.2 Å².